The van der Waals surface area contributed by atoms with Crippen molar-refractivity contribution in [3.63, 3.8) is 0 Å². The monoisotopic (exact) mass is 191 g/mol. The Labute approximate surface area is 82.1 Å². The van der Waals surface area contributed by atoms with Crippen LogP contribution in [0.4, 0.5) is 11.5 Å². The summed E-state index contributed by atoms with van der Waals surface area (Å²) >= 11 is 0. The molecule has 4 nitrogen and oxygen atoms in total. The van der Waals surface area contributed by atoms with E-state index in [2.05, 4.69) is 10.5 Å². The number of benzene rings is 1. The van der Waals surface area contributed by atoms with Crippen molar-refractivity contribution in [1.29, 1.82) is 0 Å². The Morgan fingerprint density at radius 3 is 2.93 bits per heavy atom. The van der Waals surface area contributed by atoms with E-state index in [0.717, 1.165) is 5.39 Å². The molecule has 74 valence electrons. The highest BCUT2D eigenvalue weighted by Gasteiger charge is 2.10. The fourth-order valence-corrected chi connectivity index (χ4v) is 1.39. The van der Waals surface area contributed by atoms with Gasteiger partial charge in [0.25, 0.3) is 0 Å². The summed E-state index contributed by atoms with van der Waals surface area (Å²) in [6, 6.07) is 5.85. The third-order valence-electron chi connectivity index (χ3n) is 1.96. The van der Waals surface area contributed by atoms with Crippen LogP contribution >= 0.6 is 0 Å². The minimum absolute atomic E-state index is 0.308. The first kappa shape index (κ1) is 8.87. The molecule has 1 heterocycles. The van der Waals surface area contributed by atoms with Crippen LogP contribution in [0, 0.1) is 0 Å². The summed E-state index contributed by atoms with van der Waals surface area (Å²) in [5.74, 6) is 0.716. The lowest BCUT2D eigenvalue weighted by atomic mass is 10.2. The number of nitrogens with one attached hydrogen (secondary N) is 1. The lowest BCUT2D eigenvalue weighted by molar-refractivity contribution is 0.458. The van der Waals surface area contributed by atoms with Crippen LogP contribution in [-0.4, -0.2) is 11.2 Å². The van der Waals surface area contributed by atoms with Gasteiger partial charge < -0.3 is 15.6 Å². The summed E-state index contributed by atoms with van der Waals surface area (Å²) in [6.07, 6.45) is 0. The van der Waals surface area contributed by atoms with Gasteiger partial charge in [0.05, 0.1) is 5.39 Å². The molecule has 1 aromatic carbocycles. The molecule has 0 saturated heterocycles. The van der Waals surface area contributed by atoms with Gasteiger partial charge in [0.15, 0.2) is 11.4 Å². The average Bonchev–Trinajstić information content (AvgIpc) is 2.49. The topological polar surface area (TPSA) is 64.1 Å². The lowest BCUT2D eigenvalue weighted by Crippen LogP contribution is -2.10. The fourth-order valence-electron chi connectivity index (χ4n) is 1.39. The van der Waals surface area contributed by atoms with E-state index < -0.39 is 0 Å². The molecule has 0 radical (unpaired) electrons. The maximum atomic E-state index is 5.84. The minimum Gasteiger partial charge on any atom is -0.398 e. The van der Waals surface area contributed by atoms with E-state index in [1.54, 1.807) is 0 Å². The normalized spacial score (nSPS) is 11.1. The van der Waals surface area contributed by atoms with Gasteiger partial charge in [0.2, 0.25) is 0 Å². The number of nitrogen functional groups attached to an aromatic ring is 1. The number of nitrogens with zero attached hydrogens (tertiary/aromatic N) is 1. The maximum absolute atomic E-state index is 5.84. The van der Waals surface area contributed by atoms with Gasteiger partial charge in [-0.15, -0.1) is 0 Å². The molecule has 4 heteroatoms. The first-order valence-corrected chi connectivity index (χ1v) is 4.59. The number of nitrogens with two attached hydrogens (primary N) is 1. The highest BCUT2D eigenvalue weighted by atomic mass is 16.5. The molecule has 0 amide bonds. The van der Waals surface area contributed by atoms with Gasteiger partial charge in [-0.3, -0.25) is 0 Å². The number of anilines is 2. The fraction of sp³-hybridized carbons (Fsp3) is 0.300. The van der Waals surface area contributed by atoms with Gasteiger partial charge in [-0.05, 0) is 26.0 Å². The Morgan fingerprint density at radius 2 is 2.21 bits per heavy atom. The zero-order valence-electron chi connectivity index (χ0n) is 8.24. The lowest BCUT2D eigenvalue weighted by Gasteiger charge is -2.06. The van der Waals surface area contributed by atoms with Crippen molar-refractivity contribution in [3.8, 4) is 0 Å². The first-order chi connectivity index (χ1) is 6.68. The number of rotatable bonds is 2. The molecular weight excluding hydrogens is 178 g/mol. The molecule has 0 spiro atoms. The van der Waals surface area contributed by atoms with E-state index in [1.807, 2.05) is 32.0 Å². The van der Waals surface area contributed by atoms with Crippen molar-refractivity contribution < 1.29 is 4.52 Å². The van der Waals surface area contributed by atoms with Crippen LogP contribution in [0.5, 0.6) is 0 Å². The van der Waals surface area contributed by atoms with Crippen molar-refractivity contribution in [2.75, 3.05) is 11.1 Å². The summed E-state index contributed by atoms with van der Waals surface area (Å²) in [5, 5.41) is 7.98. The molecule has 14 heavy (non-hydrogen) atoms. The van der Waals surface area contributed by atoms with Gasteiger partial charge in [-0.1, -0.05) is 11.2 Å². The molecule has 0 bridgehead atoms. The van der Waals surface area contributed by atoms with Crippen molar-refractivity contribution >= 4 is 22.5 Å². The number of hydrogen-bond donors (Lipinski definition) is 2. The van der Waals surface area contributed by atoms with Gasteiger partial charge >= 0.3 is 0 Å². The van der Waals surface area contributed by atoms with Crippen molar-refractivity contribution in [1.82, 2.24) is 5.16 Å². The van der Waals surface area contributed by atoms with E-state index in [-0.39, 0.29) is 0 Å². The largest absolute Gasteiger partial charge is 0.398 e. The Kier molecular flexibility index (Phi) is 2.04. The molecular formula is C10H13N3O. The standard InChI is InChI=1S/C10H13N3O/c1-6(2)12-10-9-7(11)4-3-5-8(9)14-13-10/h3-6H,11H2,1-2H3,(H,12,13). The molecule has 3 N–H and O–H groups in total. The average molecular weight is 191 g/mol. The minimum atomic E-state index is 0.308. The molecule has 0 fully saturated rings. The van der Waals surface area contributed by atoms with E-state index in [1.165, 1.54) is 0 Å². The molecule has 0 aliphatic heterocycles. The maximum Gasteiger partial charge on any atom is 0.179 e. The second-order valence-corrected chi connectivity index (χ2v) is 3.55. The predicted molar refractivity (Wildman–Crippen MR) is 57.2 cm³/mol. The molecule has 1 aromatic heterocycles. The van der Waals surface area contributed by atoms with Gasteiger partial charge in [0.1, 0.15) is 0 Å². The summed E-state index contributed by atoms with van der Waals surface area (Å²) in [4.78, 5) is 0. The van der Waals surface area contributed by atoms with Crippen molar-refractivity contribution in [3.05, 3.63) is 18.2 Å². The quantitative estimate of drug-likeness (QED) is 0.714. The van der Waals surface area contributed by atoms with E-state index in [9.17, 15) is 0 Å². The molecule has 0 atom stereocenters. The van der Waals surface area contributed by atoms with Crippen molar-refractivity contribution in [2.24, 2.45) is 0 Å². The first-order valence-electron chi connectivity index (χ1n) is 4.59. The van der Waals surface area contributed by atoms with Crippen LogP contribution in [-0.2, 0) is 0 Å². The molecule has 2 aromatic rings. The molecule has 2 rings (SSSR count). The Balaban J connectivity index is 2.55. The summed E-state index contributed by atoms with van der Waals surface area (Å²) in [7, 11) is 0. The van der Waals surface area contributed by atoms with Crippen LogP contribution in [0.15, 0.2) is 22.7 Å². The van der Waals surface area contributed by atoms with E-state index in [0.29, 0.717) is 23.1 Å². The molecule has 0 saturated carbocycles. The summed E-state index contributed by atoms with van der Waals surface area (Å²) < 4.78 is 5.14. The third kappa shape index (κ3) is 1.39. The Morgan fingerprint density at radius 1 is 1.43 bits per heavy atom. The van der Waals surface area contributed by atoms with Crippen LogP contribution < -0.4 is 11.1 Å². The van der Waals surface area contributed by atoms with Gasteiger partial charge in [-0.25, -0.2) is 0 Å². The summed E-state index contributed by atoms with van der Waals surface area (Å²) in [6.45, 7) is 4.08. The molecule has 0 unspecified atom stereocenters. The van der Waals surface area contributed by atoms with Crippen molar-refractivity contribution in [2.45, 2.75) is 19.9 Å². The Hall–Kier alpha value is -1.71. The second-order valence-electron chi connectivity index (χ2n) is 3.55. The molecule has 0 aliphatic rings. The smallest absolute Gasteiger partial charge is 0.179 e. The second kappa shape index (κ2) is 3.21. The highest BCUT2D eigenvalue weighted by Crippen LogP contribution is 2.28. The summed E-state index contributed by atoms with van der Waals surface area (Å²) in [5.41, 5.74) is 7.24. The van der Waals surface area contributed by atoms with Gasteiger partial charge in [0, 0.05) is 11.7 Å². The van der Waals surface area contributed by atoms with E-state index in [4.69, 9.17) is 10.3 Å². The van der Waals surface area contributed by atoms with Crippen LogP contribution in [0.2, 0.25) is 0 Å². The van der Waals surface area contributed by atoms with Gasteiger partial charge in [-0.2, -0.15) is 0 Å². The number of fused-ring (bicyclic) bond motifs is 1. The number of hydrogen-bond acceptors (Lipinski definition) is 4. The zero-order valence-corrected chi connectivity index (χ0v) is 8.24. The number of aromatic nitrogens is 1. The van der Waals surface area contributed by atoms with Crippen LogP contribution in [0.1, 0.15) is 13.8 Å². The SMILES string of the molecule is CC(C)Nc1noc2cccc(N)c12. The third-order valence-corrected chi connectivity index (χ3v) is 1.96. The predicted octanol–water partition coefficient (Wildman–Crippen LogP) is 2.23. The molecule has 0 aliphatic carbocycles. The highest BCUT2D eigenvalue weighted by molar-refractivity contribution is 5.97. The van der Waals surface area contributed by atoms with Crippen LogP contribution in [0.25, 0.3) is 11.0 Å². The Bertz CT molecular complexity index is 448. The van der Waals surface area contributed by atoms with E-state index >= 15 is 0 Å². The van der Waals surface area contributed by atoms with Crippen LogP contribution in [0.3, 0.4) is 0 Å². The zero-order chi connectivity index (χ0) is 10.1.